The number of nitro groups is 1. The molecule has 0 unspecified atom stereocenters. The number of rotatable bonds is 7. The van der Waals surface area contributed by atoms with Gasteiger partial charge in [0.15, 0.2) is 0 Å². The Morgan fingerprint density at radius 2 is 1.89 bits per heavy atom. The molecular weight excluding hydrogens is 360 g/mol. The summed E-state index contributed by atoms with van der Waals surface area (Å²) in [5, 5.41) is 13.6. The van der Waals surface area contributed by atoms with E-state index in [2.05, 4.69) is 10.3 Å². The summed E-state index contributed by atoms with van der Waals surface area (Å²) in [5.74, 6) is 1.22. The minimum Gasteiger partial charge on any atom is -0.457 e. The summed E-state index contributed by atoms with van der Waals surface area (Å²) in [4.78, 5) is 26.3. The van der Waals surface area contributed by atoms with Crippen molar-refractivity contribution in [2.24, 2.45) is 0 Å². The van der Waals surface area contributed by atoms with Gasteiger partial charge in [-0.3, -0.25) is 9.36 Å². The highest BCUT2D eigenvalue weighted by molar-refractivity contribution is 5.76. The van der Waals surface area contributed by atoms with E-state index in [1.807, 2.05) is 55.5 Å². The highest BCUT2D eigenvalue weighted by atomic mass is 16.6. The predicted octanol–water partition coefficient (Wildman–Crippen LogP) is 3.52. The minimum absolute atomic E-state index is 0.0480. The standard InChI is InChI=1S/C20H20N4O4/c1-14-7-9-17(10-8-14)28-18-6-4-3-5-16(18)11-21-20(25)13-23-12-19(24(26)27)22-15(23)2/h3-10,12H,11,13H2,1-2H3,(H,21,25). The van der Waals surface area contributed by atoms with Crippen LogP contribution in [-0.4, -0.2) is 20.4 Å². The van der Waals surface area contributed by atoms with Crippen molar-refractivity contribution in [2.45, 2.75) is 26.9 Å². The molecule has 0 saturated carbocycles. The van der Waals surface area contributed by atoms with Crippen LogP contribution in [0.15, 0.2) is 54.7 Å². The maximum Gasteiger partial charge on any atom is 0.381 e. The molecule has 0 saturated heterocycles. The molecule has 8 nitrogen and oxygen atoms in total. The lowest BCUT2D eigenvalue weighted by Gasteiger charge is -2.12. The maximum absolute atomic E-state index is 12.3. The van der Waals surface area contributed by atoms with E-state index in [1.165, 1.54) is 10.8 Å². The molecule has 1 heterocycles. The van der Waals surface area contributed by atoms with Crippen LogP contribution in [0.2, 0.25) is 0 Å². The second-order valence-corrected chi connectivity index (χ2v) is 6.33. The van der Waals surface area contributed by atoms with Gasteiger partial charge in [0, 0.05) is 19.0 Å². The van der Waals surface area contributed by atoms with E-state index >= 15 is 0 Å². The number of hydrogen-bond acceptors (Lipinski definition) is 5. The third-order valence-corrected chi connectivity index (χ3v) is 4.16. The van der Waals surface area contributed by atoms with E-state index in [0.29, 0.717) is 17.3 Å². The van der Waals surface area contributed by atoms with Gasteiger partial charge in [0.05, 0.1) is 0 Å². The number of aryl methyl sites for hydroxylation is 2. The van der Waals surface area contributed by atoms with E-state index in [9.17, 15) is 14.9 Å². The van der Waals surface area contributed by atoms with Gasteiger partial charge in [-0.15, -0.1) is 0 Å². The summed E-state index contributed by atoms with van der Waals surface area (Å²) in [6.07, 6.45) is 1.25. The second kappa shape index (κ2) is 8.34. The van der Waals surface area contributed by atoms with Crippen LogP contribution in [0.1, 0.15) is 17.0 Å². The molecule has 0 fully saturated rings. The van der Waals surface area contributed by atoms with Crippen LogP contribution in [0.3, 0.4) is 0 Å². The zero-order valence-electron chi connectivity index (χ0n) is 15.6. The molecule has 1 amide bonds. The van der Waals surface area contributed by atoms with E-state index in [1.54, 1.807) is 6.92 Å². The van der Waals surface area contributed by atoms with Gasteiger partial charge in [0.1, 0.15) is 24.2 Å². The molecule has 1 N–H and O–H groups in total. The van der Waals surface area contributed by atoms with E-state index in [-0.39, 0.29) is 24.8 Å². The first-order valence-electron chi connectivity index (χ1n) is 8.69. The number of hydrogen-bond donors (Lipinski definition) is 1. The Hall–Kier alpha value is -3.68. The second-order valence-electron chi connectivity index (χ2n) is 6.33. The highest BCUT2D eigenvalue weighted by Crippen LogP contribution is 2.25. The molecule has 0 aliphatic carbocycles. The average Bonchev–Trinajstić information content (AvgIpc) is 3.04. The number of aromatic nitrogens is 2. The molecule has 144 valence electrons. The Balaban J connectivity index is 1.63. The monoisotopic (exact) mass is 380 g/mol. The zero-order valence-corrected chi connectivity index (χ0v) is 15.6. The van der Waals surface area contributed by atoms with Gasteiger partial charge in [-0.25, -0.2) is 0 Å². The average molecular weight is 380 g/mol. The Morgan fingerprint density at radius 1 is 1.18 bits per heavy atom. The molecular formula is C20H20N4O4. The number of nitrogens with one attached hydrogen (secondary N) is 1. The number of benzene rings is 2. The van der Waals surface area contributed by atoms with Crippen LogP contribution < -0.4 is 10.1 Å². The zero-order chi connectivity index (χ0) is 20.1. The first kappa shape index (κ1) is 19.1. The Labute approximate surface area is 161 Å². The van der Waals surface area contributed by atoms with Crippen molar-refractivity contribution in [3.63, 3.8) is 0 Å². The molecule has 0 aliphatic rings. The fraction of sp³-hybridized carbons (Fsp3) is 0.200. The third-order valence-electron chi connectivity index (χ3n) is 4.16. The lowest BCUT2D eigenvalue weighted by Crippen LogP contribution is -2.27. The van der Waals surface area contributed by atoms with E-state index in [0.717, 1.165) is 11.1 Å². The van der Waals surface area contributed by atoms with Crippen molar-refractivity contribution >= 4 is 11.7 Å². The summed E-state index contributed by atoms with van der Waals surface area (Å²) < 4.78 is 7.37. The SMILES string of the molecule is Cc1ccc(Oc2ccccc2CNC(=O)Cn2cc([N+](=O)[O-])nc2C)cc1. The molecule has 0 atom stereocenters. The molecule has 0 spiro atoms. The van der Waals surface area contributed by atoms with Crippen molar-refractivity contribution in [3.05, 3.63) is 81.8 Å². The first-order valence-corrected chi connectivity index (χ1v) is 8.69. The quantitative estimate of drug-likeness (QED) is 0.499. The van der Waals surface area contributed by atoms with Crippen LogP contribution in [0, 0.1) is 24.0 Å². The topological polar surface area (TPSA) is 99.3 Å². The van der Waals surface area contributed by atoms with Crippen LogP contribution in [-0.2, 0) is 17.9 Å². The van der Waals surface area contributed by atoms with Crippen LogP contribution >= 0.6 is 0 Å². The van der Waals surface area contributed by atoms with Crippen molar-refractivity contribution in [2.75, 3.05) is 0 Å². The van der Waals surface area contributed by atoms with Crippen molar-refractivity contribution in [1.29, 1.82) is 0 Å². The molecule has 0 radical (unpaired) electrons. The Kier molecular flexibility index (Phi) is 5.69. The molecule has 0 aliphatic heterocycles. The van der Waals surface area contributed by atoms with Crippen LogP contribution in [0.25, 0.3) is 0 Å². The molecule has 8 heteroatoms. The van der Waals surface area contributed by atoms with Crippen molar-refractivity contribution in [1.82, 2.24) is 14.9 Å². The van der Waals surface area contributed by atoms with Crippen LogP contribution in [0.5, 0.6) is 11.5 Å². The number of carbonyl (C=O) groups excluding carboxylic acids is 1. The minimum atomic E-state index is -0.583. The summed E-state index contributed by atoms with van der Waals surface area (Å²) in [6.45, 7) is 3.85. The van der Waals surface area contributed by atoms with Crippen molar-refractivity contribution < 1.29 is 14.5 Å². The number of nitrogens with zero attached hydrogens (tertiary/aromatic N) is 3. The van der Waals surface area contributed by atoms with E-state index < -0.39 is 4.92 Å². The third kappa shape index (κ3) is 4.73. The molecule has 28 heavy (non-hydrogen) atoms. The number of imidazole rings is 1. The molecule has 1 aromatic heterocycles. The predicted molar refractivity (Wildman–Crippen MR) is 103 cm³/mol. The van der Waals surface area contributed by atoms with Gasteiger partial charge in [-0.1, -0.05) is 35.9 Å². The van der Waals surface area contributed by atoms with Gasteiger partial charge in [0.2, 0.25) is 11.7 Å². The van der Waals surface area contributed by atoms with Gasteiger partial charge in [0.25, 0.3) is 0 Å². The fourth-order valence-electron chi connectivity index (χ4n) is 2.63. The van der Waals surface area contributed by atoms with Gasteiger partial charge >= 0.3 is 5.82 Å². The van der Waals surface area contributed by atoms with Gasteiger partial charge in [-0.05, 0) is 35.0 Å². The van der Waals surface area contributed by atoms with E-state index in [4.69, 9.17) is 4.74 Å². The smallest absolute Gasteiger partial charge is 0.381 e. The molecule has 3 rings (SSSR count). The summed E-state index contributed by atoms with van der Waals surface area (Å²) in [5.41, 5.74) is 1.97. The normalized spacial score (nSPS) is 10.5. The lowest BCUT2D eigenvalue weighted by molar-refractivity contribution is -0.389. The maximum atomic E-state index is 12.3. The summed E-state index contributed by atoms with van der Waals surface area (Å²) >= 11 is 0. The Morgan fingerprint density at radius 3 is 2.57 bits per heavy atom. The van der Waals surface area contributed by atoms with Gasteiger partial charge < -0.3 is 20.2 Å². The molecule has 0 bridgehead atoms. The summed E-state index contributed by atoms with van der Waals surface area (Å²) in [7, 11) is 0. The lowest BCUT2D eigenvalue weighted by atomic mass is 10.2. The highest BCUT2D eigenvalue weighted by Gasteiger charge is 2.17. The number of para-hydroxylation sites is 1. The molecule has 2 aromatic carbocycles. The summed E-state index contributed by atoms with van der Waals surface area (Å²) in [6, 6.07) is 15.1. The Bertz CT molecular complexity index is 996. The molecule has 3 aromatic rings. The number of amides is 1. The largest absolute Gasteiger partial charge is 0.457 e. The fourth-order valence-corrected chi connectivity index (χ4v) is 2.63. The van der Waals surface area contributed by atoms with Crippen molar-refractivity contribution in [3.8, 4) is 11.5 Å². The number of carbonyl (C=O) groups is 1. The number of ether oxygens (including phenoxy) is 1. The van der Waals surface area contributed by atoms with Gasteiger partial charge in [-0.2, -0.15) is 0 Å². The first-order chi connectivity index (χ1) is 13.4. The van der Waals surface area contributed by atoms with Crippen LogP contribution in [0.4, 0.5) is 5.82 Å².